The molecule has 0 spiro atoms. The molecule has 0 saturated carbocycles. The molecule has 0 aliphatic carbocycles. The number of carbonyl (C=O) groups excluding carboxylic acids is 1. The summed E-state index contributed by atoms with van der Waals surface area (Å²) in [7, 11) is 0. The van der Waals surface area contributed by atoms with E-state index in [2.05, 4.69) is 6.58 Å². The lowest BCUT2D eigenvalue weighted by Gasteiger charge is -2.34. The Kier molecular flexibility index (Phi) is 4.63. The van der Waals surface area contributed by atoms with Crippen LogP contribution in [-0.2, 0) is 9.47 Å². The molecule has 2 atom stereocenters. The summed E-state index contributed by atoms with van der Waals surface area (Å²) in [5, 5.41) is 9.39. The van der Waals surface area contributed by atoms with E-state index in [4.69, 9.17) is 9.47 Å². The molecule has 1 saturated heterocycles. The fraction of sp³-hybridized carbons (Fsp3) is 0.786. The molecule has 1 heterocycles. The minimum atomic E-state index is -0.802. The number of amides is 1. The number of hydrogen-bond donors (Lipinski definition) is 1. The van der Waals surface area contributed by atoms with Gasteiger partial charge in [-0.25, -0.2) is 4.79 Å². The van der Waals surface area contributed by atoms with Crippen molar-refractivity contribution in [3.8, 4) is 0 Å². The van der Waals surface area contributed by atoms with E-state index in [1.54, 1.807) is 24.8 Å². The number of nitrogens with zero attached hydrogens (tertiary/aromatic N) is 1. The molecule has 0 unspecified atom stereocenters. The van der Waals surface area contributed by atoms with Crippen LogP contribution < -0.4 is 0 Å². The first-order valence-electron chi connectivity index (χ1n) is 6.54. The minimum Gasteiger partial charge on any atom is -0.444 e. The zero-order valence-corrected chi connectivity index (χ0v) is 12.5. The van der Waals surface area contributed by atoms with Crippen LogP contribution in [0.4, 0.5) is 4.79 Å². The first kappa shape index (κ1) is 16.0. The van der Waals surface area contributed by atoms with Crippen molar-refractivity contribution in [2.75, 3.05) is 6.61 Å². The van der Waals surface area contributed by atoms with Crippen molar-refractivity contribution >= 4 is 6.09 Å². The van der Waals surface area contributed by atoms with Crippen LogP contribution >= 0.6 is 0 Å². The maximum absolute atomic E-state index is 12.3. The van der Waals surface area contributed by atoms with Crippen molar-refractivity contribution in [1.82, 2.24) is 4.90 Å². The molecule has 0 bridgehead atoms. The van der Waals surface area contributed by atoms with Crippen molar-refractivity contribution in [1.29, 1.82) is 0 Å². The Balaban J connectivity index is 2.98. The van der Waals surface area contributed by atoms with Gasteiger partial charge in [0.05, 0.1) is 12.6 Å². The van der Waals surface area contributed by atoms with E-state index in [1.165, 1.54) is 0 Å². The Hall–Kier alpha value is -1.07. The fourth-order valence-corrected chi connectivity index (χ4v) is 2.32. The number of carbonyl (C=O) groups is 1. The Morgan fingerprint density at radius 3 is 2.53 bits per heavy atom. The van der Waals surface area contributed by atoms with Crippen LogP contribution in [0.15, 0.2) is 12.7 Å². The predicted octanol–water partition coefficient (Wildman–Crippen LogP) is 2.30. The highest BCUT2D eigenvalue weighted by Gasteiger charge is 2.50. The lowest BCUT2D eigenvalue weighted by molar-refractivity contribution is -0.0865. The zero-order valence-electron chi connectivity index (χ0n) is 12.5. The summed E-state index contributed by atoms with van der Waals surface area (Å²) in [6.07, 6.45) is 1.42. The van der Waals surface area contributed by atoms with Gasteiger partial charge >= 0.3 is 6.09 Å². The second kappa shape index (κ2) is 5.51. The van der Waals surface area contributed by atoms with Crippen LogP contribution in [0.2, 0.25) is 0 Å². The maximum Gasteiger partial charge on any atom is 0.412 e. The topological polar surface area (TPSA) is 59.0 Å². The van der Waals surface area contributed by atoms with Crippen molar-refractivity contribution in [3.63, 3.8) is 0 Å². The van der Waals surface area contributed by atoms with Gasteiger partial charge in [0.1, 0.15) is 17.4 Å². The smallest absolute Gasteiger partial charge is 0.412 e. The zero-order chi connectivity index (χ0) is 14.8. The maximum atomic E-state index is 12.3. The van der Waals surface area contributed by atoms with Gasteiger partial charge in [0.15, 0.2) is 0 Å². The molecule has 0 radical (unpaired) electrons. The summed E-state index contributed by atoms with van der Waals surface area (Å²) in [5.74, 6) is 0. The Morgan fingerprint density at radius 2 is 2.11 bits per heavy atom. The normalized spacial score (nSPS) is 26.3. The summed E-state index contributed by atoms with van der Waals surface area (Å²) in [6, 6.07) is -0.257. The largest absolute Gasteiger partial charge is 0.444 e. The van der Waals surface area contributed by atoms with Crippen LogP contribution in [0.25, 0.3) is 0 Å². The molecular weight excluding hydrogens is 246 g/mol. The van der Waals surface area contributed by atoms with Crippen molar-refractivity contribution < 1.29 is 19.4 Å². The van der Waals surface area contributed by atoms with Gasteiger partial charge in [-0.2, -0.15) is 0 Å². The van der Waals surface area contributed by atoms with Crippen molar-refractivity contribution in [2.24, 2.45) is 0 Å². The summed E-state index contributed by atoms with van der Waals surface area (Å²) in [4.78, 5) is 13.9. The SMILES string of the molecule is C=CC[C@@H]1[C@H](CO)OC(C)(C)N1C(=O)OC(C)(C)C. The molecule has 1 rings (SSSR count). The monoisotopic (exact) mass is 271 g/mol. The molecule has 19 heavy (non-hydrogen) atoms. The van der Waals surface area contributed by atoms with Crippen LogP contribution in [0, 0.1) is 0 Å². The first-order valence-corrected chi connectivity index (χ1v) is 6.54. The second-order valence-corrected chi connectivity index (χ2v) is 6.23. The van der Waals surface area contributed by atoms with E-state index in [0.717, 1.165) is 0 Å². The van der Waals surface area contributed by atoms with Gasteiger partial charge in [-0.05, 0) is 41.0 Å². The highest BCUT2D eigenvalue weighted by molar-refractivity contribution is 5.70. The molecule has 1 fully saturated rings. The number of aliphatic hydroxyl groups excluding tert-OH is 1. The third-order valence-electron chi connectivity index (χ3n) is 2.96. The van der Waals surface area contributed by atoms with Gasteiger partial charge in [0.25, 0.3) is 0 Å². The molecule has 1 aliphatic heterocycles. The van der Waals surface area contributed by atoms with Gasteiger partial charge in [-0.15, -0.1) is 6.58 Å². The van der Waals surface area contributed by atoms with Gasteiger partial charge in [0, 0.05) is 0 Å². The van der Waals surface area contributed by atoms with Crippen LogP contribution in [0.5, 0.6) is 0 Å². The second-order valence-electron chi connectivity index (χ2n) is 6.23. The third kappa shape index (κ3) is 3.70. The van der Waals surface area contributed by atoms with E-state index in [9.17, 15) is 9.90 Å². The molecule has 1 aliphatic rings. The number of hydrogen-bond acceptors (Lipinski definition) is 4. The van der Waals surface area contributed by atoms with Crippen molar-refractivity contribution in [3.05, 3.63) is 12.7 Å². The predicted molar refractivity (Wildman–Crippen MR) is 72.7 cm³/mol. The first-order chi connectivity index (χ1) is 8.62. The molecule has 1 amide bonds. The number of ether oxygens (including phenoxy) is 2. The van der Waals surface area contributed by atoms with Crippen LogP contribution in [-0.4, -0.2) is 46.2 Å². The van der Waals surface area contributed by atoms with Crippen molar-refractivity contribution in [2.45, 2.75) is 64.5 Å². The lowest BCUT2D eigenvalue weighted by Crippen LogP contribution is -2.50. The average Bonchev–Trinajstić information content (AvgIpc) is 2.47. The van der Waals surface area contributed by atoms with E-state index in [1.807, 2.05) is 20.8 Å². The van der Waals surface area contributed by atoms with Gasteiger partial charge in [0.2, 0.25) is 0 Å². The van der Waals surface area contributed by atoms with E-state index >= 15 is 0 Å². The third-order valence-corrected chi connectivity index (χ3v) is 2.96. The van der Waals surface area contributed by atoms with E-state index in [-0.39, 0.29) is 12.6 Å². The van der Waals surface area contributed by atoms with Crippen LogP contribution in [0.3, 0.4) is 0 Å². The fourth-order valence-electron chi connectivity index (χ4n) is 2.32. The molecule has 5 nitrogen and oxygen atoms in total. The average molecular weight is 271 g/mol. The Bertz CT molecular complexity index is 346. The molecule has 5 heteroatoms. The molecule has 0 aromatic rings. The quantitative estimate of drug-likeness (QED) is 0.800. The summed E-state index contributed by atoms with van der Waals surface area (Å²) >= 11 is 0. The highest BCUT2D eigenvalue weighted by atomic mass is 16.6. The molecular formula is C14H25NO4. The van der Waals surface area contributed by atoms with E-state index in [0.29, 0.717) is 6.42 Å². The highest BCUT2D eigenvalue weighted by Crippen LogP contribution is 2.35. The lowest BCUT2D eigenvalue weighted by atomic mass is 10.1. The molecule has 0 aromatic carbocycles. The number of aliphatic hydroxyl groups is 1. The van der Waals surface area contributed by atoms with Gasteiger partial charge in [-0.3, -0.25) is 4.90 Å². The molecule has 0 aromatic heterocycles. The Morgan fingerprint density at radius 1 is 1.53 bits per heavy atom. The van der Waals surface area contributed by atoms with Crippen LogP contribution in [0.1, 0.15) is 41.0 Å². The van der Waals surface area contributed by atoms with Gasteiger partial charge in [-0.1, -0.05) is 6.08 Å². The number of rotatable bonds is 3. The summed E-state index contributed by atoms with van der Waals surface area (Å²) in [6.45, 7) is 12.6. The minimum absolute atomic E-state index is 0.138. The summed E-state index contributed by atoms with van der Waals surface area (Å²) < 4.78 is 11.2. The van der Waals surface area contributed by atoms with Gasteiger partial charge < -0.3 is 14.6 Å². The Labute approximate surface area is 115 Å². The molecule has 1 N–H and O–H groups in total. The van der Waals surface area contributed by atoms with E-state index < -0.39 is 23.5 Å². The summed E-state index contributed by atoms with van der Waals surface area (Å²) in [5.41, 5.74) is -1.37. The standard InChI is InChI=1S/C14H25NO4/c1-7-8-10-11(9-16)18-14(5,6)15(10)12(17)19-13(2,3)4/h7,10-11,16H,1,8-9H2,2-6H3/t10-,11+/m1/s1. The molecule has 110 valence electrons.